The van der Waals surface area contributed by atoms with Gasteiger partial charge in [0.1, 0.15) is 13.1 Å². The van der Waals surface area contributed by atoms with Gasteiger partial charge in [0.2, 0.25) is 5.91 Å². The van der Waals surface area contributed by atoms with Crippen LogP contribution < -0.4 is 10.6 Å². The number of urea groups is 1. The zero-order valence-corrected chi connectivity index (χ0v) is 23.4. The second-order valence-electron chi connectivity index (χ2n) is 9.98. The van der Waals surface area contributed by atoms with Gasteiger partial charge in [-0.1, -0.05) is 107 Å². The summed E-state index contributed by atoms with van der Waals surface area (Å²) in [7, 11) is 0. The van der Waals surface area contributed by atoms with Crippen molar-refractivity contribution in [1.29, 1.82) is 0 Å². The van der Waals surface area contributed by atoms with Crippen molar-refractivity contribution in [1.82, 2.24) is 10.2 Å². The number of carbonyl (C=O) groups is 3. The summed E-state index contributed by atoms with van der Waals surface area (Å²) in [6, 6.07) is 24.0. The number of nitrogens with one attached hydrogen (secondary N) is 2. The lowest BCUT2D eigenvalue weighted by atomic mass is 9.92. The van der Waals surface area contributed by atoms with Crippen LogP contribution in [0.3, 0.4) is 0 Å². The van der Waals surface area contributed by atoms with E-state index in [2.05, 4.69) is 38.3 Å². The molecule has 3 amide bonds. The summed E-state index contributed by atoms with van der Waals surface area (Å²) < 4.78 is 4.98. The minimum Gasteiger partial charge on any atom is -0.465 e. The number of carbonyl (C=O) groups excluding carboxylic acids is 3. The molecule has 0 atom stereocenters. The second-order valence-corrected chi connectivity index (χ2v) is 9.98. The third-order valence-electron chi connectivity index (χ3n) is 6.44. The number of nitrogens with zero attached hydrogens (tertiary/aromatic N) is 1. The van der Waals surface area contributed by atoms with E-state index in [-0.39, 0.29) is 37.4 Å². The van der Waals surface area contributed by atoms with Crippen molar-refractivity contribution in [2.75, 3.05) is 25.0 Å². The first-order valence-electron chi connectivity index (χ1n) is 13.5. The summed E-state index contributed by atoms with van der Waals surface area (Å²) in [5.74, 6) is -0.472. The van der Waals surface area contributed by atoms with Gasteiger partial charge in [-0.15, -0.1) is 0 Å². The molecule has 2 N–H and O–H groups in total. The molecule has 7 nitrogen and oxygen atoms in total. The fourth-order valence-electron chi connectivity index (χ4n) is 4.59. The Morgan fingerprint density at radius 1 is 0.769 bits per heavy atom. The van der Waals surface area contributed by atoms with Gasteiger partial charge in [-0.3, -0.25) is 9.59 Å². The Morgan fingerprint density at radius 3 is 1.74 bits per heavy atom. The van der Waals surface area contributed by atoms with Gasteiger partial charge in [-0.05, 0) is 41.0 Å². The average molecular weight is 530 g/mol. The number of hydrogen-bond acceptors (Lipinski definition) is 4. The van der Waals surface area contributed by atoms with Crippen molar-refractivity contribution < 1.29 is 19.1 Å². The van der Waals surface area contributed by atoms with Gasteiger partial charge in [0.05, 0.1) is 12.6 Å². The standard InChI is InChI=1S/C32H39N3O4/c1-6-39-29(37)20-33-32(38)35(31(24-14-9-7-10-15-24)25-16-11-8-12-17-25)21-28(36)34-30-26(22(2)3)18-13-19-27(30)23(4)5/h7-19,22-23,31H,6,20-21H2,1-5H3,(H,33,38)(H,34,36). The molecular formula is C32H39N3O4. The fraction of sp³-hybridized carbons (Fsp3) is 0.344. The first-order chi connectivity index (χ1) is 18.7. The number of esters is 1. The number of para-hydroxylation sites is 1. The molecule has 206 valence electrons. The van der Waals surface area contributed by atoms with Crippen molar-refractivity contribution in [3.8, 4) is 0 Å². The van der Waals surface area contributed by atoms with E-state index < -0.39 is 18.0 Å². The first kappa shape index (κ1) is 29.4. The molecule has 0 unspecified atom stereocenters. The van der Waals surface area contributed by atoms with Crippen LogP contribution in [-0.4, -0.2) is 42.5 Å². The van der Waals surface area contributed by atoms with Crippen molar-refractivity contribution in [3.63, 3.8) is 0 Å². The zero-order valence-electron chi connectivity index (χ0n) is 23.4. The van der Waals surface area contributed by atoms with Crippen molar-refractivity contribution >= 4 is 23.6 Å². The number of rotatable bonds is 11. The van der Waals surface area contributed by atoms with Crippen molar-refractivity contribution in [2.45, 2.75) is 52.5 Å². The monoisotopic (exact) mass is 529 g/mol. The highest BCUT2D eigenvalue weighted by Crippen LogP contribution is 2.33. The van der Waals surface area contributed by atoms with Crippen LogP contribution in [0, 0.1) is 0 Å². The number of benzene rings is 3. The Hall–Kier alpha value is -4.13. The smallest absolute Gasteiger partial charge is 0.325 e. The van der Waals surface area contributed by atoms with E-state index in [0.717, 1.165) is 27.9 Å². The maximum absolute atomic E-state index is 13.7. The Balaban J connectivity index is 2.00. The van der Waals surface area contributed by atoms with E-state index in [1.807, 2.05) is 78.9 Å². The van der Waals surface area contributed by atoms with E-state index in [9.17, 15) is 14.4 Å². The van der Waals surface area contributed by atoms with E-state index in [1.165, 1.54) is 4.90 Å². The molecular weight excluding hydrogens is 490 g/mol. The molecule has 0 heterocycles. The Morgan fingerprint density at radius 2 is 1.28 bits per heavy atom. The molecule has 3 rings (SSSR count). The van der Waals surface area contributed by atoms with E-state index >= 15 is 0 Å². The summed E-state index contributed by atoms with van der Waals surface area (Å²) in [6.45, 7) is 9.75. The molecule has 0 saturated heterocycles. The highest BCUT2D eigenvalue weighted by atomic mass is 16.5. The number of amides is 3. The summed E-state index contributed by atoms with van der Waals surface area (Å²) in [6.07, 6.45) is 0. The quantitative estimate of drug-likeness (QED) is 0.288. The number of anilines is 1. The average Bonchev–Trinajstić information content (AvgIpc) is 2.92. The van der Waals surface area contributed by atoms with E-state index in [4.69, 9.17) is 4.74 Å². The number of hydrogen-bond donors (Lipinski definition) is 2. The van der Waals surface area contributed by atoms with Crippen LogP contribution in [0.15, 0.2) is 78.9 Å². The molecule has 0 fully saturated rings. The third-order valence-corrected chi connectivity index (χ3v) is 6.44. The van der Waals surface area contributed by atoms with Crippen LogP contribution in [0.25, 0.3) is 0 Å². The normalized spacial score (nSPS) is 11.0. The lowest BCUT2D eigenvalue weighted by Crippen LogP contribution is -2.47. The lowest BCUT2D eigenvalue weighted by molar-refractivity contribution is -0.141. The molecule has 3 aromatic rings. The summed E-state index contributed by atoms with van der Waals surface area (Å²) in [5.41, 5.74) is 4.54. The minimum absolute atomic E-state index is 0.198. The molecule has 39 heavy (non-hydrogen) atoms. The Bertz CT molecular complexity index is 1180. The lowest BCUT2D eigenvalue weighted by Gasteiger charge is -2.32. The molecule has 3 aromatic carbocycles. The summed E-state index contributed by atoms with van der Waals surface area (Å²) >= 11 is 0. The Labute approximate surface area is 231 Å². The van der Waals surface area contributed by atoms with E-state index in [1.54, 1.807) is 6.92 Å². The van der Waals surface area contributed by atoms with Gasteiger partial charge in [0.25, 0.3) is 0 Å². The minimum atomic E-state index is -0.565. The van der Waals surface area contributed by atoms with Crippen molar-refractivity contribution in [2.24, 2.45) is 0 Å². The van der Waals surface area contributed by atoms with Gasteiger partial charge in [0, 0.05) is 5.69 Å². The largest absolute Gasteiger partial charge is 0.465 e. The van der Waals surface area contributed by atoms with Gasteiger partial charge < -0.3 is 20.3 Å². The van der Waals surface area contributed by atoms with Crippen molar-refractivity contribution in [3.05, 3.63) is 101 Å². The van der Waals surface area contributed by atoms with Gasteiger partial charge in [0.15, 0.2) is 0 Å². The van der Waals surface area contributed by atoms with Gasteiger partial charge >= 0.3 is 12.0 Å². The maximum Gasteiger partial charge on any atom is 0.325 e. The zero-order chi connectivity index (χ0) is 28.4. The molecule has 0 aliphatic carbocycles. The molecule has 0 bridgehead atoms. The van der Waals surface area contributed by atoms with Gasteiger partial charge in [-0.25, -0.2) is 4.79 Å². The molecule has 0 radical (unpaired) electrons. The second kappa shape index (κ2) is 14.1. The summed E-state index contributed by atoms with van der Waals surface area (Å²) in [5, 5.41) is 5.77. The molecule has 0 spiro atoms. The van der Waals surface area contributed by atoms with E-state index in [0.29, 0.717) is 0 Å². The molecule has 7 heteroatoms. The topological polar surface area (TPSA) is 87.7 Å². The fourth-order valence-corrected chi connectivity index (χ4v) is 4.59. The predicted molar refractivity (Wildman–Crippen MR) is 155 cm³/mol. The molecule has 0 aromatic heterocycles. The molecule has 0 aliphatic rings. The third kappa shape index (κ3) is 7.93. The van der Waals surface area contributed by atoms with Crippen LogP contribution in [0.5, 0.6) is 0 Å². The summed E-state index contributed by atoms with van der Waals surface area (Å²) in [4.78, 5) is 40.7. The maximum atomic E-state index is 13.7. The van der Waals surface area contributed by atoms with Crippen LogP contribution in [0.4, 0.5) is 10.5 Å². The SMILES string of the molecule is CCOC(=O)CNC(=O)N(CC(=O)Nc1c(C(C)C)cccc1C(C)C)C(c1ccccc1)c1ccccc1. The molecule has 0 saturated carbocycles. The Kier molecular flexibility index (Phi) is 10.7. The first-order valence-corrected chi connectivity index (χ1v) is 13.5. The molecule has 0 aliphatic heterocycles. The van der Waals surface area contributed by atoms with Crippen LogP contribution in [0.1, 0.15) is 74.8 Å². The number of ether oxygens (including phenoxy) is 1. The van der Waals surface area contributed by atoms with Gasteiger partial charge in [-0.2, -0.15) is 0 Å². The highest BCUT2D eigenvalue weighted by molar-refractivity contribution is 5.96. The highest BCUT2D eigenvalue weighted by Gasteiger charge is 2.30. The predicted octanol–water partition coefficient (Wildman–Crippen LogP) is 6.24. The van der Waals surface area contributed by atoms with Crippen LogP contribution in [-0.2, 0) is 14.3 Å². The van der Waals surface area contributed by atoms with Crippen LogP contribution >= 0.6 is 0 Å². The van der Waals surface area contributed by atoms with Crippen LogP contribution in [0.2, 0.25) is 0 Å².